The van der Waals surface area contributed by atoms with Gasteiger partial charge in [0.15, 0.2) is 0 Å². The summed E-state index contributed by atoms with van der Waals surface area (Å²) in [5.41, 5.74) is 0.903. The number of benzene rings is 1. The lowest BCUT2D eigenvalue weighted by Gasteiger charge is -2.15. The van der Waals surface area contributed by atoms with E-state index in [9.17, 15) is 8.42 Å². The van der Waals surface area contributed by atoms with E-state index in [1.165, 1.54) is 0 Å². The summed E-state index contributed by atoms with van der Waals surface area (Å²) in [6.07, 6.45) is 1.73. The predicted molar refractivity (Wildman–Crippen MR) is 83.5 cm³/mol. The van der Waals surface area contributed by atoms with Gasteiger partial charge in [0.2, 0.25) is 10.0 Å². The highest BCUT2D eigenvalue weighted by Crippen LogP contribution is 2.23. The topological polar surface area (TPSA) is 58.2 Å². The summed E-state index contributed by atoms with van der Waals surface area (Å²) >= 11 is 6.04. The SMILES string of the molecule is CCCC(C)NS(=O)(=O)c1cc(CNCC)ccc1Cl. The Kier molecular flexibility index (Phi) is 6.95. The number of sulfonamides is 1. The van der Waals surface area contributed by atoms with Crippen LogP contribution in [0.1, 0.15) is 39.2 Å². The molecule has 114 valence electrons. The first-order chi connectivity index (χ1) is 9.40. The lowest BCUT2D eigenvalue weighted by molar-refractivity contribution is 0.544. The van der Waals surface area contributed by atoms with Crippen LogP contribution in [0.2, 0.25) is 5.02 Å². The molecule has 2 N–H and O–H groups in total. The number of nitrogens with one attached hydrogen (secondary N) is 2. The van der Waals surface area contributed by atoms with Gasteiger partial charge in [0.05, 0.1) is 5.02 Å². The van der Waals surface area contributed by atoms with Crippen molar-refractivity contribution in [3.63, 3.8) is 0 Å². The van der Waals surface area contributed by atoms with Gasteiger partial charge in [-0.05, 0) is 37.6 Å². The summed E-state index contributed by atoms with van der Waals surface area (Å²) in [6.45, 7) is 7.34. The molecular weight excluding hydrogens is 296 g/mol. The van der Waals surface area contributed by atoms with Gasteiger partial charge in [0.1, 0.15) is 4.90 Å². The van der Waals surface area contributed by atoms with E-state index in [1.54, 1.807) is 12.1 Å². The van der Waals surface area contributed by atoms with Crippen LogP contribution >= 0.6 is 11.6 Å². The van der Waals surface area contributed by atoms with Crippen LogP contribution in [-0.4, -0.2) is 21.0 Å². The van der Waals surface area contributed by atoms with Crippen LogP contribution in [0, 0.1) is 0 Å². The monoisotopic (exact) mass is 318 g/mol. The average molecular weight is 319 g/mol. The van der Waals surface area contributed by atoms with Crippen molar-refractivity contribution >= 4 is 21.6 Å². The predicted octanol–water partition coefficient (Wildman–Crippen LogP) is 2.92. The number of rotatable bonds is 8. The Morgan fingerprint density at radius 2 is 2.00 bits per heavy atom. The first-order valence-corrected chi connectivity index (χ1v) is 8.78. The molecule has 0 aliphatic heterocycles. The van der Waals surface area contributed by atoms with E-state index in [2.05, 4.69) is 10.0 Å². The van der Waals surface area contributed by atoms with E-state index in [1.807, 2.05) is 26.8 Å². The first-order valence-electron chi connectivity index (χ1n) is 6.92. The Hall–Kier alpha value is -0.620. The molecule has 0 amide bonds. The lowest BCUT2D eigenvalue weighted by atomic mass is 10.2. The highest BCUT2D eigenvalue weighted by atomic mass is 35.5. The third-order valence-electron chi connectivity index (χ3n) is 2.94. The molecule has 0 spiro atoms. The van der Waals surface area contributed by atoms with Gasteiger partial charge in [-0.1, -0.05) is 37.9 Å². The molecule has 0 aromatic heterocycles. The van der Waals surface area contributed by atoms with Crippen molar-refractivity contribution in [1.29, 1.82) is 0 Å². The summed E-state index contributed by atoms with van der Waals surface area (Å²) in [4.78, 5) is 0.150. The molecule has 0 fully saturated rings. The second-order valence-electron chi connectivity index (χ2n) is 4.86. The number of hydrogen-bond donors (Lipinski definition) is 2. The van der Waals surface area contributed by atoms with Crippen LogP contribution in [0.5, 0.6) is 0 Å². The second kappa shape index (κ2) is 7.98. The molecule has 1 rings (SSSR count). The molecule has 0 saturated heterocycles. The molecule has 20 heavy (non-hydrogen) atoms. The molecule has 1 aromatic carbocycles. The normalized spacial score (nSPS) is 13.4. The Balaban J connectivity index is 2.98. The molecule has 0 radical (unpaired) electrons. The van der Waals surface area contributed by atoms with Gasteiger partial charge in [0, 0.05) is 12.6 Å². The van der Waals surface area contributed by atoms with Crippen molar-refractivity contribution in [2.75, 3.05) is 6.54 Å². The number of hydrogen-bond acceptors (Lipinski definition) is 3. The molecule has 4 nitrogen and oxygen atoms in total. The minimum absolute atomic E-state index is 0.0986. The van der Waals surface area contributed by atoms with Crippen LogP contribution in [0.15, 0.2) is 23.1 Å². The van der Waals surface area contributed by atoms with Crippen molar-refractivity contribution in [2.45, 2.75) is 51.1 Å². The molecule has 1 aromatic rings. The Bertz CT molecular complexity index is 532. The Labute approximate surface area is 127 Å². The minimum atomic E-state index is -3.57. The zero-order chi connectivity index (χ0) is 15.2. The molecule has 0 aliphatic carbocycles. The van der Waals surface area contributed by atoms with Gasteiger partial charge in [-0.15, -0.1) is 0 Å². The maximum Gasteiger partial charge on any atom is 0.242 e. The molecule has 1 atom stereocenters. The van der Waals surface area contributed by atoms with Gasteiger partial charge in [-0.25, -0.2) is 13.1 Å². The molecule has 0 saturated carbocycles. The van der Waals surface area contributed by atoms with E-state index in [4.69, 9.17) is 11.6 Å². The van der Waals surface area contributed by atoms with Gasteiger partial charge in [-0.2, -0.15) is 0 Å². The van der Waals surface area contributed by atoms with Crippen molar-refractivity contribution in [1.82, 2.24) is 10.0 Å². The molecule has 0 heterocycles. The van der Waals surface area contributed by atoms with Crippen LogP contribution in [-0.2, 0) is 16.6 Å². The second-order valence-corrected chi connectivity index (χ2v) is 6.95. The number of halogens is 1. The molecular formula is C14H23ClN2O2S. The van der Waals surface area contributed by atoms with Crippen LogP contribution in [0.25, 0.3) is 0 Å². The fraction of sp³-hybridized carbons (Fsp3) is 0.571. The standard InChI is InChI=1S/C14H23ClN2O2S/c1-4-6-11(3)17-20(18,19)14-9-12(10-16-5-2)7-8-13(14)15/h7-9,11,16-17H,4-6,10H2,1-3H3. The lowest BCUT2D eigenvalue weighted by Crippen LogP contribution is -2.32. The maximum absolute atomic E-state index is 12.3. The molecule has 1 unspecified atom stereocenters. The summed E-state index contributed by atoms with van der Waals surface area (Å²) in [6, 6.07) is 5.00. The zero-order valence-corrected chi connectivity index (χ0v) is 13.8. The molecule has 0 aliphatic rings. The van der Waals surface area contributed by atoms with Crippen LogP contribution < -0.4 is 10.0 Å². The van der Waals surface area contributed by atoms with Crippen LogP contribution in [0.4, 0.5) is 0 Å². The Morgan fingerprint density at radius 1 is 1.30 bits per heavy atom. The van der Waals surface area contributed by atoms with Gasteiger partial charge < -0.3 is 5.32 Å². The summed E-state index contributed by atoms with van der Waals surface area (Å²) in [5, 5.41) is 3.42. The van der Waals surface area contributed by atoms with E-state index < -0.39 is 10.0 Å². The summed E-state index contributed by atoms with van der Waals surface area (Å²) < 4.78 is 27.4. The molecule has 6 heteroatoms. The van der Waals surface area contributed by atoms with Crippen molar-refractivity contribution in [3.8, 4) is 0 Å². The van der Waals surface area contributed by atoms with Crippen molar-refractivity contribution in [2.24, 2.45) is 0 Å². The summed E-state index contributed by atoms with van der Waals surface area (Å²) in [7, 11) is -3.57. The molecule has 0 bridgehead atoms. The highest BCUT2D eigenvalue weighted by molar-refractivity contribution is 7.89. The van der Waals surface area contributed by atoms with Crippen LogP contribution in [0.3, 0.4) is 0 Å². The smallest absolute Gasteiger partial charge is 0.242 e. The highest BCUT2D eigenvalue weighted by Gasteiger charge is 2.20. The van der Waals surface area contributed by atoms with Gasteiger partial charge in [-0.3, -0.25) is 0 Å². The largest absolute Gasteiger partial charge is 0.313 e. The van der Waals surface area contributed by atoms with Crippen molar-refractivity contribution in [3.05, 3.63) is 28.8 Å². The van der Waals surface area contributed by atoms with E-state index in [0.717, 1.165) is 24.9 Å². The maximum atomic E-state index is 12.3. The fourth-order valence-corrected chi connectivity index (χ4v) is 3.78. The van der Waals surface area contributed by atoms with E-state index in [-0.39, 0.29) is 16.0 Å². The van der Waals surface area contributed by atoms with E-state index in [0.29, 0.717) is 6.54 Å². The zero-order valence-electron chi connectivity index (χ0n) is 12.2. The van der Waals surface area contributed by atoms with Crippen molar-refractivity contribution < 1.29 is 8.42 Å². The summed E-state index contributed by atoms with van der Waals surface area (Å²) in [5.74, 6) is 0. The fourth-order valence-electron chi connectivity index (χ4n) is 1.95. The first kappa shape index (κ1) is 17.4. The quantitative estimate of drug-likeness (QED) is 0.775. The van der Waals surface area contributed by atoms with Gasteiger partial charge in [0.25, 0.3) is 0 Å². The van der Waals surface area contributed by atoms with E-state index >= 15 is 0 Å². The Morgan fingerprint density at radius 3 is 2.60 bits per heavy atom. The van der Waals surface area contributed by atoms with Gasteiger partial charge >= 0.3 is 0 Å². The third-order valence-corrected chi connectivity index (χ3v) is 5.01. The third kappa shape index (κ3) is 5.05. The average Bonchev–Trinajstić information content (AvgIpc) is 2.37. The minimum Gasteiger partial charge on any atom is -0.313 e.